The van der Waals surface area contributed by atoms with E-state index in [1.807, 2.05) is 0 Å². The Bertz CT molecular complexity index is 697. The van der Waals surface area contributed by atoms with E-state index < -0.39 is 5.97 Å². The zero-order valence-electron chi connectivity index (χ0n) is 24.8. The number of carbonyl (C=O) groups excluding carboxylic acids is 1. The lowest BCUT2D eigenvalue weighted by molar-refractivity contribution is 0.0248. The Labute approximate surface area is 234 Å². The molecule has 0 aromatic heterocycles. The smallest absolute Gasteiger partial charge is 0.338 e. The molecule has 1 unspecified atom stereocenters. The van der Waals surface area contributed by atoms with Crippen LogP contribution in [0, 0.1) is 0 Å². The summed E-state index contributed by atoms with van der Waals surface area (Å²) in [6, 6.07) is 6.07. The molecule has 0 spiro atoms. The second-order valence-electron chi connectivity index (χ2n) is 11.2. The molecule has 0 saturated carbocycles. The lowest BCUT2D eigenvalue weighted by Crippen LogP contribution is -2.18. The Balaban J connectivity index is 2.33. The molecule has 0 fully saturated rings. The van der Waals surface area contributed by atoms with Gasteiger partial charge in [-0.1, -0.05) is 136 Å². The number of unbranched alkanes of at least 4 members (excludes halogenated alkanes) is 19. The molecule has 0 amide bonds. The van der Waals surface area contributed by atoms with E-state index in [0.29, 0.717) is 5.56 Å². The minimum Gasteiger partial charge on any atom is -0.478 e. The second-order valence-corrected chi connectivity index (χ2v) is 11.2. The number of ether oxygens (including phenoxy) is 1. The van der Waals surface area contributed by atoms with E-state index in [-0.39, 0.29) is 17.6 Å². The predicted molar refractivity (Wildman–Crippen MR) is 160 cm³/mol. The standard InChI is InChI=1S/C34H58O4/c1-3-5-7-9-11-13-15-17-19-21-23-25-32(24-22-20-18-16-14-12-10-8-6-4-2)38-34(37)31-28-26-30(27-29-31)33(35)36/h26-29,32H,3-25H2,1-2H3,(H,35,36). The first-order chi connectivity index (χ1) is 18.6. The molecule has 0 saturated heterocycles. The highest BCUT2D eigenvalue weighted by Crippen LogP contribution is 2.19. The molecule has 0 aliphatic heterocycles. The van der Waals surface area contributed by atoms with Crippen LogP contribution in [0.1, 0.15) is 182 Å². The number of carboxylic acid groups (broad SMARTS) is 1. The van der Waals surface area contributed by atoms with Gasteiger partial charge in [0.15, 0.2) is 0 Å². The molecule has 1 aromatic carbocycles. The molecule has 0 aliphatic carbocycles. The summed E-state index contributed by atoms with van der Waals surface area (Å²) in [7, 11) is 0. The Kier molecular flexibility index (Phi) is 21.8. The molecule has 1 aromatic rings. The number of benzene rings is 1. The molecule has 1 atom stereocenters. The summed E-state index contributed by atoms with van der Waals surface area (Å²) in [5.41, 5.74) is 0.617. The average molecular weight is 531 g/mol. The molecule has 4 nitrogen and oxygen atoms in total. The fraction of sp³-hybridized carbons (Fsp3) is 0.765. The van der Waals surface area contributed by atoms with Gasteiger partial charge in [-0.2, -0.15) is 0 Å². The summed E-state index contributed by atoms with van der Waals surface area (Å²) in [4.78, 5) is 23.8. The highest BCUT2D eigenvalue weighted by Gasteiger charge is 2.16. The predicted octanol–water partition coefficient (Wildman–Crippen LogP) is 10.9. The van der Waals surface area contributed by atoms with E-state index in [1.165, 1.54) is 134 Å². The van der Waals surface area contributed by atoms with Crippen molar-refractivity contribution in [1.82, 2.24) is 0 Å². The molecule has 1 N–H and O–H groups in total. The van der Waals surface area contributed by atoms with Crippen molar-refractivity contribution in [3.63, 3.8) is 0 Å². The fourth-order valence-corrected chi connectivity index (χ4v) is 5.13. The molecular formula is C34H58O4. The second kappa shape index (κ2) is 24.2. The summed E-state index contributed by atoms with van der Waals surface area (Å²) < 4.78 is 5.93. The van der Waals surface area contributed by atoms with Gasteiger partial charge in [-0.3, -0.25) is 0 Å². The van der Waals surface area contributed by atoms with Crippen molar-refractivity contribution in [3.8, 4) is 0 Å². The van der Waals surface area contributed by atoms with Gasteiger partial charge >= 0.3 is 11.9 Å². The van der Waals surface area contributed by atoms with Crippen LogP contribution in [0.5, 0.6) is 0 Å². The fourth-order valence-electron chi connectivity index (χ4n) is 5.13. The van der Waals surface area contributed by atoms with Gasteiger partial charge in [-0.25, -0.2) is 9.59 Å². The Morgan fingerprint density at radius 1 is 0.553 bits per heavy atom. The zero-order valence-corrected chi connectivity index (χ0v) is 24.8. The van der Waals surface area contributed by atoms with Crippen LogP contribution in [-0.4, -0.2) is 23.1 Å². The van der Waals surface area contributed by atoms with Gasteiger partial charge in [0, 0.05) is 0 Å². The van der Waals surface area contributed by atoms with Gasteiger partial charge in [-0.15, -0.1) is 0 Å². The van der Waals surface area contributed by atoms with Gasteiger partial charge < -0.3 is 9.84 Å². The Hall–Kier alpha value is -1.84. The first-order valence-electron chi connectivity index (χ1n) is 16.1. The number of carbonyl (C=O) groups is 2. The van der Waals surface area contributed by atoms with E-state index in [0.717, 1.165) is 25.7 Å². The first-order valence-corrected chi connectivity index (χ1v) is 16.1. The summed E-state index contributed by atoms with van der Waals surface area (Å²) in [5.74, 6) is -1.32. The molecule has 0 bridgehead atoms. The van der Waals surface area contributed by atoms with Gasteiger partial charge in [0.1, 0.15) is 6.10 Å². The average Bonchev–Trinajstić information content (AvgIpc) is 2.92. The van der Waals surface area contributed by atoms with Crippen LogP contribution >= 0.6 is 0 Å². The monoisotopic (exact) mass is 530 g/mol. The van der Waals surface area contributed by atoms with E-state index in [2.05, 4.69) is 13.8 Å². The number of carboxylic acids is 1. The quantitative estimate of drug-likeness (QED) is 0.0955. The van der Waals surface area contributed by atoms with E-state index in [4.69, 9.17) is 9.84 Å². The van der Waals surface area contributed by atoms with Crippen molar-refractivity contribution in [2.45, 2.75) is 168 Å². The first kappa shape index (κ1) is 34.2. The Morgan fingerprint density at radius 2 is 0.868 bits per heavy atom. The van der Waals surface area contributed by atoms with Crippen molar-refractivity contribution in [3.05, 3.63) is 35.4 Å². The molecule has 0 radical (unpaired) electrons. The highest BCUT2D eigenvalue weighted by atomic mass is 16.5. The topological polar surface area (TPSA) is 63.6 Å². The number of hydrogen-bond donors (Lipinski definition) is 1. The Morgan fingerprint density at radius 3 is 1.21 bits per heavy atom. The lowest BCUT2D eigenvalue weighted by Gasteiger charge is -2.18. The van der Waals surface area contributed by atoms with Crippen molar-refractivity contribution in [2.24, 2.45) is 0 Å². The van der Waals surface area contributed by atoms with Gasteiger partial charge in [-0.05, 0) is 49.9 Å². The molecule has 0 aliphatic rings. The van der Waals surface area contributed by atoms with Crippen LogP contribution in [0.15, 0.2) is 24.3 Å². The summed E-state index contributed by atoms with van der Waals surface area (Å²) in [5, 5.41) is 9.10. The normalized spacial score (nSPS) is 11.9. The van der Waals surface area contributed by atoms with Gasteiger partial charge in [0.25, 0.3) is 0 Å². The van der Waals surface area contributed by atoms with Gasteiger partial charge in [0.2, 0.25) is 0 Å². The van der Waals surface area contributed by atoms with Crippen LogP contribution < -0.4 is 0 Å². The van der Waals surface area contributed by atoms with E-state index in [1.54, 1.807) is 12.1 Å². The zero-order chi connectivity index (χ0) is 27.7. The summed E-state index contributed by atoms with van der Waals surface area (Å²) in [6.45, 7) is 4.53. The van der Waals surface area contributed by atoms with Crippen LogP contribution in [0.3, 0.4) is 0 Å². The maximum Gasteiger partial charge on any atom is 0.338 e. The van der Waals surface area contributed by atoms with Crippen LogP contribution in [0.2, 0.25) is 0 Å². The summed E-state index contributed by atoms with van der Waals surface area (Å²) >= 11 is 0. The third kappa shape index (κ3) is 18.4. The maximum absolute atomic E-state index is 12.8. The molecular weight excluding hydrogens is 472 g/mol. The van der Waals surface area contributed by atoms with Crippen LogP contribution in [0.25, 0.3) is 0 Å². The molecule has 38 heavy (non-hydrogen) atoms. The maximum atomic E-state index is 12.8. The van der Waals surface area contributed by atoms with Crippen molar-refractivity contribution in [1.29, 1.82) is 0 Å². The summed E-state index contributed by atoms with van der Waals surface area (Å²) in [6.07, 6.45) is 29.2. The minimum absolute atomic E-state index is 0.0470. The van der Waals surface area contributed by atoms with Crippen LogP contribution in [-0.2, 0) is 4.74 Å². The third-order valence-electron chi connectivity index (χ3n) is 7.65. The van der Waals surface area contributed by atoms with Crippen molar-refractivity contribution >= 4 is 11.9 Å². The molecule has 4 heteroatoms. The van der Waals surface area contributed by atoms with Gasteiger partial charge in [0.05, 0.1) is 11.1 Å². The highest BCUT2D eigenvalue weighted by molar-refractivity contribution is 5.92. The number of hydrogen-bond acceptors (Lipinski definition) is 3. The number of aromatic carboxylic acids is 1. The van der Waals surface area contributed by atoms with E-state index >= 15 is 0 Å². The molecule has 0 heterocycles. The van der Waals surface area contributed by atoms with Crippen molar-refractivity contribution < 1.29 is 19.4 Å². The lowest BCUT2D eigenvalue weighted by atomic mass is 10.0. The number of rotatable bonds is 26. The SMILES string of the molecule is CCCCCCCCCCCCCC(CCCCCCCCCCCC)OC(=O)c1ccc(C(=O)O)cc1. The molecule has 1 rings (SSSR count). The van der Waals surface area contributed by atoms with E-state index in [9.17, 15) is 9.59 Å². The number of esters is 1. The minimum atomic E-state index is -0.986. The third-order valence-corrected chi connectivity index (χ3v) is 7.65. The van der Waals surface area contributed by atoms with Crippen LogP contribution in [0.4, 0.5) is 0 Å². The van der Waals surface area contributed by atoms with Crippen molar-refractivity contribution in [2.75, 3.05) is 0 Å². The largest absolute Gasteiger partial charge is 0.478 e. The molecule has 218 valence electrons.